The number of nitrogens with zero attached hydrogens (tertiary/aromatic N) is 2. The van der Waals surface area contributed by atoms with Gasteiger partial charge in [0.25, 0.3) is 5.91 Å². The Morgan fingerprint density at radius 2 is 1.94 bits per heavy atom. The number of amides is 1. The minimum Gasteiger partial charge on any atom is -0.399 e. The molecule has 1 heterocycles. The van der Waals surface area contributed by atoms with Gasteiger partial charge < -0.3 is 10.6 Å². The number of carbonyl (C=O) groups excluding carboxylic acids is 1. The van der Waals surface area contributed by atoms with Crippen molar-refractivity contribution in [1.82, 2.24) is 4.98 Å². The second kappa shape index (κ2) is 4.83. The highest BCUT2D eigenvalue weighted by Gasteiger charge is 2.14. The van der Waals surface area contributed by atoms with Crippen LogP contribution in [-0.2, 0) is 0 Å². The summed E-state index contributed by atoms with van der Waals surface area (Å²) in [6.45, 7) is 0. The molecule has 1 aromatic heterocycles. The van der Waals surface area contributed by atoms with Crippen LogP contribution < -0.4 is 10.6 Å². The first-order valence-electron chi connectivity index (χ1n) is 5.33. The largest absolute Gasteiger partial charge is 0.399 e. The zero-order chi connectivity index (χ0) is 13.1. The van der Waals surface area contributed by atoms with Crippen molar-refractivity contribution in [3.8, 4) is 0 Å². The molecule has 2 rings (SSSR count). The van der Waals surface area contributed by atoms with Crippen molar-refractivity contribution in [2.45, 2.75) is 0 Å². The van der Waals surface area contributed by atoms with Gasteiger partial charge in [0.15, 0.2) is 0 Å². The molecular weight excluding hydrogens is 233 g/mol. The van der Waals surface area contributed by atoms with E-state index in [4.69, 9.17) is 5.73 Å². The average Bonchev–Trinajstić information content (AvgIpc) is 2.38. The summed E-state index contributed by atoms with van der Waals surface area (Å²) in [6.07, 6.45) is 1.47. The van der Waals surface area contributed by atoms with E-state index in [1.165, 1.54) is 41.4 Å². The highest BCUT2D eigenvalue weighted by atomic mass is 19.1. The fraction of sp³-hybridized carbons (Fsp3) is 0.0769. The summed E-state index contributed by atoms with van der Waals surface area (Å²) in [5.74, 6) is -0.643. The fourth-order valence-electron chi connectivity index (χ4n) is 1.52. The van der Waals surface area contributed by atoms with E-state index in [1.54, 1.807) is 13.1 Å². The molecule has 0 unspecified atom stereocenters. The predicted octanol–water partition coefficient (Wildman–Crippen LogP) is 2.08. The number of anilines is 2. The summed E-state index contributed by atoms with van der Waals surface area (Å²) >= 11 is 0. The van der Waals surface area contributed by atoms with Gasteiger partial charge in [-0.25, -0.2) is 4.39 Å². The molecule has 1 amide bonds. The van der Waals surface area contributed by atoms with Crippen LogP contribution in [0.25, 0.3) is 0 Å². The van der Waals surface area contributed by atoms with Gasteiger partial charge in [-0.05, 0) is 36.4 Å². The molecule has 0 spiro atoms. The Morgan fingerprint density at radius 3 is 2.56 bits per heavy atom. The predicted molar refractivity (Wildman–Crippen MR) is 67.8 cm³/mol. The molecule has 0 saturated heterocycles. The van der Waals surface area contributed by atoms with E-state index in [-0.39, 0.29) is 17.4 Å². The normalized spacial score (nSPS) is 10.1. The van der Waals surface area contributed by atoms with Crippen molar-refractivity contribution < 1.29 is 9.18 Å². The molecule has 0 saturated carbocycles. The van der Waals surface area contributed by atoms with Gasteiger partial charge in [-0.1, -0.05) is 0 Å². The van der Waals surface area contributed by atoms with Gasteiger partial charge in [0.1, 0.15) is 11.5 Å². The Labute approximate surface area is 104 Å². The SMILES string of the molecule is CN(C(=O)c1cc(N)ccn1)c1ccc(F)cc1. The molecule has 1 aromatic carbocycles. The van der Waals surface area contributed by atoms with E-state index in [2.05, 4.69) is 4.98 Å². The zero-order valence-electron chi connectivity index (χ0n) is 9.80. The summed E-state index contributed by atoms with van der Waals surface area (Å²) in [6, 6.07) is 8.76. The van der Waals surface area contributed by atoms with Gasteiger partial charge in [0.05, 0.1) is 0 Å². The summed E-state index contributed by atoms with van der Waals surface area (Å²) in [7, 11) is 1.60. The first-order chi connectivity index (χ1) is 8.58. The maximum absolute atomic E-state index is 12.8. The van der Waals surface area contributed by atoms with Crippen molar-refractivity contribution in [2.24, 2.45) is 0 Å². The third kappa shape index (κ3) is 2.45. The van der Waals surface area contributed by atoms with Gasteiger partial charge in [-0.3, -0.25) is 9.78 Å². The third-order valence-corrected chi connectivity index (χ3v) is 2.52. The number of aromatic nitrogens is 1. The molecule has 18 heavy (non-hydrogen) atoms. The van der Waals surface area contributed by atoms with Gasteiger partial charge in [0, 0.05) is 24.6 Å². The molecule has 0 aliphatic rings. The van der Waals surface area contributed by atoms with E-state index in [9.17, 15) is 9.18 Å². The van der Waals surface area contributed by atoms with E-state index in [0.29, 0.717) is 11.4 Å². The lowest BCUT2D eigenvalue weighted by Crippen LogP contribution is -2.27. The molecule has 0 radical (unpaired) electrons. The van der Waals surface area contributed by atoms with Gasteiger partial charge in [-0.2, -0.15) is 0 Å². The summed E-state index contributed by atoms with van der Waals surface area (Å²) in [5.41, 5.74) is 6.91. The summed E-state index contributed by atoms with van der Waals surface area (Å²) in [5, 5.41) is 0. The van der Waals surface area contributed by atoms with Crippen LogP contribution >= 0.6 is 0 Å². The van der Waals surface area contributed by atoms with Gasteiger partial charge in [0.2, 0.25) is 0 Å². The Bertz CT molecular complexity index is 569. The maximum atomic E-state index is 12.8. The van der Waals surface area contributed by atoms with E-state index in [1.807, 2.05) is 0 Å². The number of hydrogen-bond donors (Lipinski definition) is 1. The van der Waals surface area contributed by atoms with E-state index in [0.717, 1.165) is 0 Å². The molecule has 0 bridgehead atoms. The summed E-state index contributed by atoms with van der Waals surface area (Å²) in [4.78, 5) is 17.4. The van der Waals surface area contributed by atoms with Crippen LogP contribution in [0.2, 0.25) is 0 Å². The molecule has 4 nitrogen and oxygen atoms in total. The lowest BCUT2D eigenvalue weighted by atomic mass is 10.2. The molecular formula is C13H12FN3O. The molecule has 0 atom stereocenters. The van der Waals surface area contributed by atoms with Crippen molar-refractivity contribution in [3.05, 3.63) is 54.1 Å². The third-order valence-electron chi connectivity index (χ3n) is 2.52. The molecule has 2 aromatic rings. The van der Waals surface area contributed by atoms with Crippen LogP contribution in [-0.4, -0.2) is 17.9 Å². The monoisotopic (exact) mass is 245 g/mol. The smallest absolute Gasteiger partial charge is 0.276 e. The highest BCUT2D eigenvalue weighted by Crippen LogP contribution is 2.16. The van der Waals surface area contributed by atoms with Crippen LogP contribution in [0, 0.1) is 5.82 Å². The molecule has 5 heteroatoms. The minimum atomic E-state index is -0.346. The molecule has 2 N–H and O–H groups in total. The second-order valence-corrected chi connectivity index (χ2v) is 3.82. The van der Waals surface area contributed by atoms with E-state index >= 15 is 0 Å². The minimum absolute atomic E-state index is 0.252. The Morgan fingerprint density at radius 1 is 1.28 bits per heavy atom. The number of halogens is 1. The molecule has 92 valence electrons. The van der Waals surface area contributed by atoms with E-state index < -0.39 is 0 Å². The number of nitrogen functional groups attached to an aromatic ring is 1. The van der Waals surface area contributed by atoms with Gasteiger partial charge in [-0.15, -0.1) is 0 Å². The lowest BCUT2D eigenvalue weighted by Gasteiger charge is -2.16. The van der Waals surface area contributed by atoms with Crippen molar-refractivity contribution in [2.75, 3.05) is 17.7 Å². The Kier molecular flexibility index (Phi) is 3.23. The topological polar surface area (TPSA) is 59.2 Å². The van der Waals surface area contributed by atoms with Crippen molar-refractivity contribution in [1.29, 1.82) is 0 Å². The van der Waals surface area contributed by atoms with Crippen LogP contribution in [0.15, 0.2) is 42.6 Å². The standard InChI is InChI=1S/C13H12FN3O/c1-17(11-4-2-9(14)3-5-11)13(18)12-8-10(15)6-7-16-12/h2-8H,1H3,(H2,15,16). The second-order valence-electron chi connectivity index (χ2n) is 3.82. The first-order valence-corrected chi connectivity index (χ1v) is 5.33. The Hall–Kier alpha value is -2.43. The molecule has 0 fully saturated rings. The fourth-order valence-corrected chi connectivity index (χ4v) is 1.52. The maximum Gasteiger partial charge on any atom is 0.276 e. The number of nitrogens with two attached hydrogens (primary N) is 1. The summed E-state index contributed by atoms with van der Waals surface area (Å²) < 4.78 is 12.8. The van der Waals surface area contributed by atoms with Crippen molar-refractivity contribution in [3.63, 3.8) is 0 Å². The Balaban J connectivity index is 2.26. The average molecular weight is 245 g/mol. The quantitative estimate of drug-likeness (QED) is 0.881. The van der Waals surface area contributed by atoms with Crippen molar-refractivity contribution >= 4 is 17.3 Å². The molecule has 0 aliphatic heterocycles. The first kappa shape index (κ1) is 12.0. The number of carbonyl (C=O) groups is 1. The highest BCUT2D eigenvalue weighted by molar-refractivity contribution is 6.04. The lowest BCUT2D eigenvalue weighted by molar-refractivity contribution is 0.0988. The number of benzene rings is 1. The van der Waals surface area contributed by atoms with Crippen LogP contribution in [0.3, 0.4) is 0 Å². The zero-order valence-corrected chi connectivity index (χ0v) is 9.80. The molecule has 0 aliphatic carbocycles. The number of hydrogen-bond acceptors (Lipinski definition) is 3. The van der Waals surface area contributed by atoms with Crippen LogP contribution in [0.4, 0.5) is 15.8 Å². The van der Waals surface area contributed by atoms with Gasteiger partial charge >= 0.3 is 0 Å². The van der Waals surface area contributed by atoms with Crippen LogP contribution in [0.5, 0.6) is 0 Å². The van der Waals surface area contributed by atoms with Crippen LogP contribution in [0.1, 0.15) is 10.5 Å². The number of rotatable bonds is 2. The number of pyridine rings is 1.